The van der Waals surface area contributed by atoms with Crippen molar-refractivity contribution in [3.8, 4) is 5.88 Å². The second kappa shape index (κ2) is 13.8. The number of benzene rings is 1. The highest BCUT2D eigenvalue weighted by Gasteiger charge is 2.33. The Morgan fingerprint density at radius 1 is 0.979 bits per heavy atom. The highest BCUT2D eigenvalue weighted by atomic mass is 16.6. The minimum absolute atomic E-state index is 0.376. The van der Waals surface area contributed by atoms with E-state index in [4.69, 9.17) is 14.5 Å². The fourth-order valence-corrected chi connectivity index (χ4v) is 7.39. The quantitative estimate of drug-likeness (QED) is 0.362. The maximum absolute atomic E-state index is 13.1. The second-order valence-corrected chi connectivity index (χ2v) is 14.6. The van der Waals surface area contributed by atoms with Gasteiger partial charge >= 0.3 is 6.09 Å². The van der Waals surface area contributed by atoms with E-state index in [1.165, 1.54) is 49.3 Å². The molecule has 11 heteroatoms. The van der Waals surface area contributed by atoms with Crippen LogP contribution in [0.5, 0.6) is 5.88 Å². The van der Waals surface area contributed by atoms with E-state index in [0.29, 0.717) is 24.7 Å². The highest BCUT2D eigenvalue weighted by molar-refractivity contribution is 5.92. The highest BCUT2D eigenvalue weighted by Crippen LogP contribution is 2.40. The lowest BCUT2D eigenvalue weighted by atomic mass is 9.95. The van der Waals surface area contributed by atoms with Gasteiger partial charge in [-0.25, -0.2) is 14.8 Å². The van der Waals surface area contributed by atoms with E-state index in [1.54, 1.807) is 4.90 Å². The van der Waals surface area contributed by atoms with E-state index in [9.17, 15) is 4.79 Å². The molecule has 0 saturated carbocycles. The number of fused-ring (bicyclic) bond motifs is 2. The van der Waals surface area contributed by atoms with Gasteiger partial charge in [0.15, 0.2) is 0 Å². The molecule has 1 amide bonds. The van der Waals surface area contributed by atoms with Crippen LogP contribution in [0.3, 0.4) is 0 Å². The van der Waals surface area contributed by atoms with Gasteiger partial charge in [-0.05, 0) is 94.3 Å². The number of nitrogens with one attached hydrogen (secondary N) is 2. The zero-order chi connectivity index (χ0) is 33.3. The van der Waals surface area contributed by atoms with Crippen LogP contribution < -0.4 is 30.1 Å². The zero-order valence-corrected chi connectivity index (χ0v) is 28.9. The first-order valence-corrected chi connectivity index (χ1v) is 17.6. The maximum Gasteiger partial charge on any atom is 0.415 e. The number of nitrogens with zero attached hydrogens (tertiary/aromatic N) is 6. The van der Waals surface area contributed by atoms with Crippen LogP contribution in [0.25, 0.3) is 0 Å². The van der Waals surface area contributed by atoms with E-state index >= 15 is 0 Å². The number of pyridine rings is 2. The van der Waals surface area contributed by atoms with Crippen LogP contribution in [0.4, 0.5) is 33.4 Å². The van der Waals surface area contributed by atoms with Crippen molar-refractivity contribution in [3.63, 3.8) is 0 Å². The molecule has 3 aromatic rings. The van der Waals surface area contributed by atoms with Crippen LogP contribution in [0.1, 0.15) is 50.3 Å². The van der Waals surface area contributed by atoms with Crippen molar-refractivity contribution < 1.29 is 14.3 Å². The topological polar surface area (TPSA) is 98.3 Å². The fraction of sp³-hybridized carbons (Fsp3) is 0.541. The standard InChI is InChI=1S/C37H50N8O3/c1-26-32(23-40-35-34(26)45(19-20-47-35)36(46)48-37(2,3)4)44-16-11-28-22-39-33(21-29(28)25-44)41-30-5-7-31(8-6-30)43-14-9-27(10-15-43)24-42-17-12-38-13-18-42/h5-8,21-23,27,38H,9-20,24-25H2,1-4H3,(H,39,41). The van der Waals surface area contributed by atoms with Crippen molar-refractivity contribution in [3.05, 3.63) is 59.4 Å². The molecule has 6 heterocycles. The van der Waals surface area contributed by atoms with E-state index in [2.05, 4.69) is 60.6 Å². The van der Waals surface area contributed by atoms with Crippen molar-refractivity contribution in [2.75, 3.05) is 85.5 Å². The van der Waals surface area contributed by atoms with Gasteiger partial charge in [-0.1, -0.05) is 0 Å². The Balaban J connectivity index is 0.989. The lowest BCUT2D eigenvalue weighted by Gasteiger charge is -2.37. The van der Waals surface area contributed by atoms with Crippen molar-refractivity contribution >= 4 is 34.7 Å². The molecule has 11 nitrogen and oxygen atoms in total. The number of piperazine rings is 1. The molecule has 0 spiro atoms. The third-order valence-corrected chi connectivity index (χ3v) is 9.96. The molecule has 2 N–H and O–H groups in total. The van der Waals surface area contributed by atoms with Crippen LogP contribution in [-0.4, -0.2) is 92.1 Å². The third kappa shape index (κ3) is 7.32. The molecule has 2 fully saturated rings. The summed E-state index contributed by atoms with van der Waals surface area (Å²) in [6, 6.07) is 11.0. The molecule has 2 aromatic heterocycles. The van der Waals surface area contributed by atoms with Gasteiger partial charge in [-0.2, -0.15) is 0 Å². The maximum atomic E-state index is 13.1. The van der Waals surface area contributed by atoms with Gasteiger partial charge in [0, 0.05) is 82.0 Å². The molecule has 4 aliphatic heterocycles. The minimum Gasteiger partial charge on any atom is -0.474 e. The molecule has 0 aliphatic carbocycles. The molecule has 0 radical (unpaired) electrons. The molecule has 0 bridgehead atoms. The summed E-state index contributed by atoms with van der Waals surface area (Å²) in [5.74, 6) is 2.12. The van der Waals surface area contributed by atoms with Crippen molar-refractivity contribution in [2.24, 2.45) is 5.92 Å². The molecule has 2 saturated heterocycles. The van der Waals surface area contributed by atoms with Gasteiger partial charge in [0.25, 0.3) is 0 Å². The summed E-state index contributed by atoms with van der Waals surface area (Å²) in [4.78, 5) is 31.7. The Kier molecular flexibility index (Phi) is 9.33. The summed E-state index contributed by atoms with van der Waals surface area (Å²) in [6.45, 7) is 18.2. The summed E-state index contributed by atoms with van der Waals surface area (Å²) < 4.78 is 11.6. The molecule has 4 aliphatic rings. The predicted octanol–water partition coefficient (Wildman–Crippen LogP) is 5.35. The first-order valence-electron chi connectivity index (χ1n) is 17.6. The van der Waals surface area contributed by atoms with Crippen LogP contribution in [0.15, 0.2) is 42.7 Å². The van der Waals surface area contributed by atoms with E-state index < -0.39 is 5.60 Å². The Morgan fingerprint density at radius 3 is 2.50 bits per heavy atom. The third-order valence-electron chi connectivity index (χ3n) is 9.96. The number of aromatic nitrogens is 2. The number of hydrogen-bond acceptors (Lipinski definition) is 10. The van der Waals surface area contributed by atoms with Crippen molar-refractivity contribution in [1.29, 1.82) is 0 Å². The molecular weight excluding hydrogens is 604 g/mol. The Labute approximate surface area is 284 Å². The first kappa shape index (κ1) is 32.5. The van der Waals surface area contributed by atoms with E-state index in [0.717, 1.165) is 74.4 Å². The van der Waals surface area contributed by atoms with Crippen LogP contribution >= 0.6 is 0 Å². The number of ether oxygens (including phenoxy) is 2. The number of carbonyl (C=O) groups is 1. The van der Waals surface area contributed by atoms with Gasteiger partial charge in [0.05, 0.1) is 18.4 Å². The lowest BCUT2D eigenvalue weighted by Crippen LogP contribution is -2.46. The van der Waals surface area contributed by atoms with Crippen molar-refractivity contribution in [2.45, 2.75) is 59.1 Å². The monoisotopic (exact) mass is 654 g/mol. The smallest absolute Gasteiger partial charge is 0.415 e. The average molecular weight is 655 g/mol. The van der Waals surface area contributed by atoms with Crippen molar-refractivity contribution in [1.82, 2.24) is 20.2 Å². The van der Waals surface area contributed by atoms with Gasteiger partial charge in [-0.15, -0.1) is 0 Å². The van der Waals surface area contributed by atoms with Crippen LogP contribution in [0, 0.1) is 12.8 Å². The molecule has 48 heavy (non-hydrogen) atoms. The molecule has 0 unspecified atom stereocenters. The van der Waals surface area contributed by atoms with E-state index in [-0.39, 0.29) is 6.09 Å². The molecule has 0 atom stereocenters. The first-order chi connectivity index (χ1) is 23.2. The summed E-state index contributed by atoms with van der Waals surface area (Å²) in [6.07, 6.45) is 6.90. The summed E-state index contributed by atoms with van der Waals surface area (Å²) in [7, 11) is 0. The number of hydrogen-bond donors (Lipinski definition) is 2. The van der Waals surface area contributed by atoms with Crippen LogP contribution in [-0.2, 0) is 17.7 Å². The number of carbonyl (C=O) groups excluding carboxylic acids is 1. The number of rotatable bonds is 6. The van der Waals surface area contributed by atoms with E-state index in [1.807, 2.05) is 40.1 Å². The summed E-state index contributed by atoms with van der Waals surface area (Å²) in [5.41, 5.74) is 6.88. The number of anilines is 5. The zero-order valence-electron chi connectivity index (χ0n) is 28.9. The minimum atomic E-state index is -0.588. The largest absolute Gasteiger partial charge is 0.474 e. The predicted molar refractivity (Wildman–Crippen MR) is 191 cm³/mol. The average Bonchev–Trinajstić information content (AvgIpc) is 3.08. The fourth-order valence-electron chi connectivity index (χ4n) is 7.39. The van der Waals surface area contributed by atoms with Gasteiger partial charge < -0.3 is 34.8 Å². The Hall–Kier alpha value is -4.09. The molecular formula is C37H50N8O3. The van der Waals surface area contributed by atoms with Gasteiger partial charge in [0.2, 0.25) is 5.88 Å². The number of amides is 1. The SMILES string of the molecule is Cc1c(N2CCc3cnc(Nc4ccc(N5CCC(CN6CCNCC6)CC5)cc4)cc3C2)cnc2c1N(C(=O)OC(C)(C)C)CCO2. The normalized spacial score (nSPS) is 19.0. The van der Waals surface area contributed by atoms with Crippen LogP contribution in [0.2, 0.25) is 0 Å². The molecule has 1 aromatic carbocycles. The Bertz CT molecular complexity index is 1590. The Morgan fingerprint density at radius 2 is 1.75 bits per heavy atom. The summed E-state index contributed by atoms with van der Waals surface area (Å²) in [5, 5.41) is 7.00. The lowest BCUT2D eigenvalue weighted by molar-refractivity contribution is 0.0566. The van der Waals surface area contributed by atoms with Gasteiger partial charge in [-0.3, -0.25) is 4.90 Å². The van der Waals surface area contributed by atoms with Gasteiger partial charge in [0.1, 0.15) is 23.7 Å². The second-order valence-electron chi connectivity index (χ2n) is 14.6. The number of piperidine rings is 1. The molecule has 7 rings (SSSR count). The molecule has 256 valence electrons. The summed E-state index contributed by atoms with van der Waals surface area (Å²) >= 11 is 0.